The fourth-order valence-electron chi connectivity index (χ4n) is 4.11. The maximum atomic E-state index is 14.0. The minimum atomic E-state index is -3.13. The summed E-state index contributed by atoms with van der Waals surface area (Å²) in [7, 11) is 0. The number of Topliss-reactive ketones (excluding diaryl/α,β-unsaturated/α-hetero) is 1. The summed E-state index contributed by atoms with van der Waals surface area (Å²) in [6, 6.07) is 27.8. The van der Waals surface area contributed by atoms with Crippen LogP contribution < -0.4 is 21.2 Å². The van der Waals surface area contributed by atoms with Crippen molar-refractivity contribution < 1.29 is 23.1 Å². The van der Waals surface area contributed by atoms with Crippen LogP contribution in [0.5, 0.6) is 0 Å². The molecule has 0 aliphatic carbocycles. The smallest absolute Gasteiger partial charge is 0.408 e. The van der Waals surface area contributed by atoms with Crippen LogP contribution in [0.25, 0.3) is 0 Å². The first-order valence-electron chi connectivity index (χ1n) is 11.7. The lowest BCUT2D eigenvalue weighted by Crippen LogP contribution is -2.48. The van der Waals surface area contributed by atoms with E-state index in [0.29, 0.717) is 15.9 Å². The van der Waals surface area contributed by atoms with E-state index in [1.165, 1.54) is 0 Å². The van der Waals surface area contributed by atoms with E-state index in [0.717, 1.165) is 0 Å². The summed E-state index contributed by atoms with van der Waals surface area (Å²) in [6.07, 6.45) is -4.87. The minimum Gasteiger partial charge on any atom is -0.444 e. The summed E-state index contributed by atoms with van der Waals surface area (Å²) in [5.41, 5.74) is -0.904. The van der Waals surface area contributed by atoms with Crippen LogP contribution in [0.2, 0.25) is 0 Å². The van der Waals surface area contributed by atoms with Crippen molar-refractivity contribution in [2.45, 2.75) is 45.3 Å². The van der Waals surface area contributed by atoms with Gasteiger partial charge in [0.05, 0.1) is 0 Å². The van der Waals surface area contributed by atoms with Gasteiger partial charge in [0.15, 0.2) is 5.78 Å². The number of benzene rings is 3. The molecular weight excluding hydrogens is 493 g/mol. The van der Waals surface area contributed by atoms with E-state index < -0.39 is 43.3 Å². The van der Waals surface area contributed by atoms with E-state index in [2.05, 4.69) is 11.4 Å². The number of nitrogens with one attached hydrogen (secondary N) is 1. The minimum absolute atomic E-state index is 0.183. The molecule has 192 valence electrons. The first kappa shape index (κ1) is 27.8. The topological polar surface area (TPSA) is 79.2 Å². The third-order valence-electron chi connectivity index (χ3n) is 5.53. The van der Waals surface area contributed by atoms with Crippen LogP contribution in [-0.4, -0.2) is 35.2 Å². The second kappa shape index (κ2) is 12.0. The van der Waals surface area contributed by atoms with Crippen molar-refractivity contribution in [3.05, 3.63) is 91.0 Å². The van der Waals surface area contributed by atoms with Crippen molar-refractivity contribution in [3.63, 3.8) is 0 Å². The number of alkyl carbamates (subject to hydrolysis) is 1. The lowest BCUT2D eigenvalue weighted by molar-refractivity contribution is -0.115. The van der Waals surface area contributed by atoms with Crippen LogP contribution in [-0.2, 0) is 9.53 Å². The monoisotopic (exact) mass is 522 g/mol. The molecule has 0 radical (unpaired) electrons. The number of alkyl halides is 2. The number of ether oxygens (including phenoxy) is 1. The molecule has 37 heavy (non-hydrogen) atoms. The van der Waals surface area contributed by atoms with E-state index in [-0.39, 0.29) is 5.29 Å². The molecule has 1 atom stereocenters. The molecule has 3 rings (SSSR count). The van der Waals surface area contributed by atoms with E-state index in [9.17, 15) is 23.6 Å². The first-order valence-corrected chi connectivity index (χ1v) is 13.5. The maximum absolute atomic E-state index is 14.0. The second-order valence-corrected chi connectivity index (χ2v) is 12.7. The maximum Gasteiger partial charge on any atom is 0.408 e. The largest absolute Gasteiger partial charge is 0.444 e. The molecular formula is C29H29F2N2O3P. The standard InChI is InChI=1S/C29H29F2N2O3P/c1-29(2,3)36-28(35)33-24(19-26(30)31)27(34)25(20-32)37(21-13-7-4-8-14-21,22-15-9-5-10-16-22)23-17-11-6-12-18-23/h4-18,24,26H,19H2,1-3H3,(H,33,35)/t24-/m1/s1. The van der Waals surface area contributed by atoms with Crippen molar-refractivity contribution in [3.8, 4) is 6.07 Å². The molecule has 3 aromatic rings. The molecule has 8 heteroatoms. The molecule has 0 fully saturated rings. The predicted octanol–water partition coefficient (Wildman–Crippen LogP) is 4.79. The first-order chi connectivity index (χ1) is 17.6. The third kappa shape index (κ3) is 6.53. The zero-order valence-corrected chi connectivity index (χ0v) is 21.8. The van der Waals surface area contributed by atoms with Gasteiger partial charge in [-0.05, 0) is 43.6 Å². The molecule has 0 heterocycles. The highest BCUT2D eigenvalue weighted by molar-refractivity contribution is 7.97. The number of hydrogen-bond acceptors (Lipinski definition) is 4. The number of halogens is 2. The molecule has 0 spiro atoms. The van der Waals surface area contributed by atoms with Gasteiger partial charge in [0.25, 0.3) is 0 Å². The number of carbonyl (C=O) groups excluding carboxylic acids is 2. The van der Waals surface area contributed by atoms with Crippen molar-refractivity contribution >= 4 is 40.0 Å². The number of carbonyl (C=O) groups is 2. The number of nitrogens with zero attached hydrogens (tertiary/aromatic N) is 1. The normalized spacial score (nSPS) is 12.4. The van der Waals surface area contributed by atoms with Crippen LogP contribution in [0.4, 0.5) is 13.6 Å². The summed E-state index contributed by atoms with van der Waals surface area (Å²) in [5.74, 6) is -0.862. The Morgan fingerprint density at radius 2 is 1.27 bits per heavy atom. The Labute approximate surface area is 216 Å². The summed E-state index contributed by atoms with van der Waals surface area (Å²) < 4.78 is 32.5. The third-order valence-corrected chi connectivity index (χ3v) is 9.74. The number of rotatable bonds is 8. The van der Waals surface area contributed by atoms with Crippen molar-refractivity contribution in [1.82, 2.24) is 5.32 Å². The van der Waals surface area contributed by atoms with Crippen LogP contribution >= 0.6 is 6.89 Å². The van der Waals surface area contributed by atoms with Crippen LogP contribution in [0.3, 0.4) is 0 Å². The Bertz CT molecular complexity index is 1210. The molecule has 0 aliphatic rings. The zero-order valence-electron chi connectivity index (χ0n) is 20.9. The fraction of sp³-hybridized carbons (Fsp3) is 0.241. The van der Waals surface area contributed by atoms with E-state index in [1.807, 2.05) is 91.0 Å². The van der Waals surface area contributed by atoms with Crippen molar-refractivity contribution in [2.75, 3.05) is 0 Å². The van der Waals surface area contributed by atoms with E-state index in [1.54, 1.807) is 20.8 Å². The molecule has 3 aromatic carbocycles. The lowest BCUT2D eigenvalue weighted by Gasteiger charge is -2.31. The molecule has 0 saturated carbocycles. The number of ketones is 1. The SMILES string of the molecule is CC(C)(C)OC(=O)N[C@H](CC(F)F)C(=O)C(C#N)=P(c1ccccc1)(c1ccccc1)c1ccccc1. The molecule has 0 aromatic heterocycles. The Kier molecular flexibility index (Phi) is 9.02. The van der Waals surface area contributed by atoms with Gasteiger partial charge in [0.2, 0.25) is 6.43 Å². The summed E-state index contributed by atoms with van der Waals surface area (Å²) in [4.78, 5) is 26.6. The molecule has 0 bridgehead atoms. The van der Waals surface area contributed by atoms with Crippen LogP contribution in [0, 0.1) is 11.3 Å². The predicted molar refractivity (Wildman–Crippen MR) is 145 cm³/mol. The van der Waals surface area contributed by atoms with Gasteiger partial charge in [0, 0.05) is 6.42 Å². The van der Waals surface area contributed by atoms with Gasteiger partial charge in [-0.25, -0.2) is 13.6 Å². The van der Waals surface area contributed by atoms with Crippen molar-refractivity contribution in [1.29, 1.82) is 5.26 Å². The van der Waals surface area contributed by atoms with E-state index in [4.69, 9.17) is 4.74 Å². The highest BCUT2D eigenvalue weighted by atomic mass is 31.2. The highest BCUT2D eigenvalue weighted by Gasteiger charge is 2.37. The molecule has 1 N–H and O–H groups in total. The quantitative estimate of drug-likeness (QED) is 0.432. The Hall–Kier alpha value is -3.75. The Morgan fingerprint density at radius 1 is 0.865 bits per heavy atom. The molecule has 5 nitrogen and oxygen atoms in total. The Balaban J connectivity index is 2.37. The van der Waals surface area contributed by atoms with Gasteiger partial charge in [-0.15, -0.1) is 0 Å². The lowest BCUT2D eigenvalue weighted by atomic mass is 10.1. The molecule has 0 unspecified atom stereocenters. The average Bonchev–Trinajstić information content (AvgIpc) is 2.86. The van der Waals surface area contributed by atoms with Gasteiger partial charge in [0.1, 0.15) is 23.0 Å². The van der Waals surface area contributed by atoms with E-state index >= 15 is 0 Å². The average molecular weight is 523 g/mol. The zero-order chi connectivity index (χ0) is 27.1. The highest BCUT2D eigenvalue weighted by Crippen LogP contribution is 2.46. The van der Waals surface area contributed by atoms with Gasteiger partial charge in [-0.1, -0.05) is 91.0 Å². The van der Waals surface area contributed by atoms with Crippen molar-refractivity contribution in [2.24, 2.45) is 0 Å². The van der Waals surface area contributed by atoms with Gasteiger partial charge in [-0.2, -0.15) is 5.26 Å². The van der Waals surface area contributed by atoms with Crippen LogP contribution in [0.15, 0.2) is 91.0 Å². The number of nitriles is 1. The van der Waals surface area contributed by atoms with Crippen LogP contribution in [0.1, 0.15) is 27.2 Å². The number of hydrogen-bond donors (Lipinski definition) is 1. The fourth-order valence-corrected chi connectivity index (χ4v) is 8.27. The summed E-state index contributed by atoms with van der Waals surface area (Å²) >= 11 is 0. The summed E-state index contributed by atoms with van der Waals surface area (Å²) in [6.45, 7) is 1.74. The second-order valence-electron chi connectivity index (χ2n) is 9.33. The Morgan fingerprint density at radius 3 is 1.59 bits per heavy atom. The number of amides is 1. The summed E-state index contributed by atoms with van der Waals surface area (Å²) in [5, 5.41) is 14.8. The van der Waals surface area contributed by atoms with Gasteiger partial charge < -0.3 is 10.1 Å². The molecule has 0 saturated heterocycles. The molecule has 0 aliphatic heterocycles. The van der Waals surface area contributed by atoms with Gasteiger partial charge >= 0.3 is 6.09 Å². The van der Waals surface area contributed by atoms with Gasteiger partial charge in [-0.3, -0.25) is 4.79 Å². The molecule has 1 amide bonds.